The van der Waals surface area contributed by atoms with Gasteiger partial charge in [0.05, 0.1) is 4.90 Å². The molecule has 8 nitrogen and oxygen atoms in total. The van der Waals surface area contributed by atoms with Crippen LogP contribution in [0.3, 0.4) is 0 Å². The topological polar surface area (TPSA) is 112 Å². The van der Waals surface area contributed by atoms with E-state index >= 15 is 0 Å². The maximum atomic E-state index is 12.1. The minimum atomic E-state index is -3.84. The molecule has 0 atom stereocenters. The van der Waals surface area contributed by atoms with E-state index in [1.54, 1.807) is 18.2 Å². The third-order valence-electron chi connectivity index (χ3n) is 3.13. The lowest BCUT2D eigenvalue weighted by Crippen LogP contribution is -2.41. The monoisotopic (exact) mass is 413 g/mol. The highest BCUT2D eigenvalue weighted by Gasteiger charge is 2.17. The Bertz CT molecular complexity index is 852. The molecule has 0 aliphatic carbocycles. The molecule has 11 heteroatoms. The molecule has 0 fully saturated rings. The molecule has 1 heterocycles. The molecular weight excluding hydrogens is 394 g/mol. The SMILES string of the molecule is CCCCNC(=S)Nc1nc(C(=O)NNS(=O)(=O)c2ccccc2)cs1. The van der Waals surface area contributed by atoms with Gasteiger partial charge in [0.2, 0.25) is 0 Å². The molecule has 2 aromatic rings. The second-order valence-corrected chi connectivity index (χ2v) is 8.09. The van der Waals surface area contributed by atoms with Crippen molar-refractivity contribution in [3.8, 4) is 0 Å². The number of hydrogen-bond acceptors (Lipinski definition) is 6. The number of thiazole rings is 1. The lowest BCUT2D eigenvalue weighted by Gasteiger charge is -2.07. The molecule has 0 radical (unpaired) electrons. The number of carbonyl (C=O) groups is 1. The van der Waals surface area contributed by atoms with Crippen molar-refractivity contribution in [3.63, 3.8) is 0 Å². The van der Waals surface area contributed by atoms with Crippen LogP contribution in [0.1, 0.15) is 30.3 Å². The van der Waals surface area contributed by atoms with E-state index in [0.717, 1.165) is 19.4 Å². The van der Waals surface area contributed by atoms with E-state index in [2.05, 4.69) is 28.0 Å². The molecule has 0 saturated heterocycles. The van der Waals surface area contributed by atoms with Crippen molar-refractivity contribution in [2.24, 2.45) is 0 Å². The smallest absolute Gasteiger partial charge is 0.285 e. The number of rotatable bonds is 8. The summed E-state index contributed by atoms with van der Waals surface area (Å²) in [6, 6.07) is 7.72. The van der Waals surface area contributed by atoms with E-state index in [1.165, 1.54) is 28.8 Å². The molecule has 0 aliphatic heterocycles. The Morgan fingerprint density at radius 1 is 1.27 bits per heavy atom. The van der Waals surface area contributed by atoms with Crippen molar-refractivity contribution in [2.75, 3.05) is 11.9 Å². The number of hydrogen-bond donors (Lipinski definition) is 4. The van der Waals surface area contributed by atoms with E-state index in [4.69, 9.17) is 12.2 Å². The maximum absolute atomic E-state index is 12.1. The van der Waals surface area contributed by atoms with Gasteiger partial charge in [-0.1, -0.05) is 31.5 Å². The first-order chi connectivity index (χ1) is 12.4. The average molecular weight is 414 g/mol. The summed E-state index contributed by atoms with van der Waals surface area (Å²) >= 11 is 6.32. The Balaban J connectivity index is 1.89. The zero-order valence-electron chi connectivity index (χ0n) is 14.0. The Morgan fingerprint density at radius 2 is 2.00 bits per heavy atom. The van der Waals surface area contributed by atoms with Crippen LogP contribution in [0.15, 0.2) is 40.6 Å². The van der Waals surface area contributed by atoms with Crippen molar-refractivity contribution in [1.29, 1.82) is 0 Å². The van der Waals surface area contributed by atoms with Gasteiger partial charge < -0.3 is 10.6 Å². The van der Waals surface area contributed by atoms with Crippen LogP contribution >= 0.6 is 23.6 Å². The molecule has 0 spiro atoms. The molecule has 1 aromatic heterocycles. The minimum Gasteiger partial charge on any atom is -0.362 e. The third-order valence-corrected chi connectivity index (χ3v) is 5.39. The number of carbonyl (C=O) groups excluding carboxylic acids is 1. The molecule has 0 unspecified atom stereocenters. The largest absolute Gasteiger partial charge is 0.362 e. The van der Waals surface area contributed by atoms with Crippen LogP contribution in [0.2, 0.25) is 0 Å². The second-order valence-electron chi connectivity index (χ2n) is 5.15. The molecule has 0 saturated carbocycles. The number of nitrogens with zero attached hydrogens (tertiary/aromatic N) is 1. The number of unbranched alkanes of at least 4 members (excludes halogenated alkanes) is 1. The summed E-state index contributed by atoms with van der Waals surface area (Å²) in [6.45, 7) is 2.83. The van der Waals surface area contributed by atoms with E-state index in [1.807, 2.05) is 4.83 Å². The Hall–Kier alpha value is -2.08. The number of hydrazine groups is 1. The third kappa shape index (κ3) is 6.02. The lowest BCUT2D eigenvalue weighted by molar-refractivity contribution is 0.0941. The highest BCUT2D eigenvalue weighted by Crippen LogP contribution is 2.15. The number of aromatic nitrogens is 1. The molecule has 140 valence electrons. The van der Waals surface area contributed by atoms with Crippen LogP contribution in [0.4, 0.5) is 5.13 Å². The average Bonchev–Trinajstić information content (AvgIpc) is 3.09. The van der Waals surface area contributed by atoms with Gasteiger partial charge in [0, 0.05) is 11.9 Å². The normalized spacial score (nSPS) is 11.0. The predicted octanol–water partition coefficient (Wildman–Crippen LogP) is 1.85. The zero-order chi connectivity index (χ0) is 19.0. The van der Waals surface area contributed by atoms with Crippen LogP contribution in [-0.4, -0.2) is 31.0 Å². The summed E-state index contributed by atoms with van der Waals surface area (Å²) in [5, 5.41) is 8.28. The van der Waals surface area contributed by atoms with Gasteiger partial charge in [0.15, 0.2) is 10.2 Å². The summed E-state index contributed by atoms with van der Waals surface area (Å²) in [4.78, 5) is 18.2. The zero-order valence-corrected chi connectivity index (χ0v) is 16.4. The first-order valence-electron chi connectivity index (χ1n) is 7.80. The summed E-state index contributed by atoms with van der Waals surface area (Å²) in [7, 11) is -3.84. The molecule has 2 rings (SSSR count). The quantitative estimate of drug-likeness (QED) is 0.297. The van der Waals surface area contributed by atoms with Gasteiger partial charge in [-0.25, -0.2) is 13.4 Å². The predicted molar refractivity (Wildman–Crippen MR) is 105 cm³/mol. The summed E-state index contributed by atoms with van der Waals surface area (Å²) in [6.07, 6.45) is 2.05. The first-order valence-corrected chi connectivity index (χ1v) is 10.6. The summed E-state index contributed by atoms with van der Waals surface area (Å²) < 4.78 is 24.1. The second kappa shape index (κ2) is 9.57. The standard InChI is InChI=1S/C15H19N5O3S3/c1-2-3-9-16-14(24)18-15-17-12(10-25-15)13(21)19-20-26(22,23)11-7-5-4-6-8-11/h4-8,10,20H,2-3,9H2,1H3,(H,19,21)(H2,16,17,18,24). The Kier molecular flexibility index (Phi) is 7.45. The minimum absolute atomic E-state index is 0.0458. The van der Waals surface area contributed by atoms with Crippen LogP contribution in [0, 0.1) is 0 Å². The van der Waals surface area contributed by atoms with Gasteiger partial charge >= 0.3 is 0 Å². The number of amides is 1. The number of anilines is 1. The fourth-order valence-corrected chi connectivity index (χ4v) is 3.61. The van der Waals surface area contributed by atoms with Gasteiger partial charge in [-0.05, 0) is 30.8 Å². The van der Waals surface area contributed by atoms with Crippen molar-refractivity contribution in [1.82, 2.24) is 20.6 Å². The van der Waals surface area contributed by atoms with Crippen molar-refractivity contribution >= 4 is 49.7 Å². The van der Waals surface area contributed by atoms with Crippen molar-refractivity contribution < 1.29 is 13.2 Å². The molecule has 1 amide bonds. The molecule has 4 N–H and O–H groups in total. The highest BCUT2D eigenvalue weighted by atomic mass is 32.2. The van der Waals surface area contributed by atoms with Gasteiger partial charge in [-0.15, -0.1) is 16.2 Å². The van der Waals surface area contributed by atoms with E-state index < -0.39 is 15.9 Å². The van der Waals surface area contributed by atoms with Gasteiger partial charge in [-0.2, -0.15) is 0 Å². The fraction of sp³-hybridized carbons (Fsp3) is 0.267. The maximum Gasteiger partial charge on any atom is 0.285 e. The molecule has 1 aromatic carbocycles. The first kappa shape index (κ1) is 20.2. The Morgan fingerprint density at radius 3 is 2.69 bits per heavy atom. The summed E-state index contributed by atoms with van der Waals surface area (Å²) in [5.41, 5.74) is 2.21. The fourth-order valence-electron chi connectivity index (χ4n) is 1.79. The van der Waals surface area contributed by atoms with Gasteiger partial charge in [-0.3, -0.25) is 10.2 Å². The van der Waals surface area contributed by atoms with Gasteiger partial charge in [0.25, 0.3) is 15.9 Å². The molecule has 0 aliphatic rings. The van der Waals surface area contributed by atoms with Crippen LogP contribution < -0.4 is 20.9 Å². The Labute approximate surface area is 161 Å². The van der Waals surface area contributed by atoms with Crippen LogP contribution in [-0.2, 0) is 10.0 Å². The molecule has 0 bridgehead atoms. The van der Waals surface area contributed by atoms with Gasteiger partial charge in [0.1, 0.15) is 5.69 Å². The number of benzene rings is 1. The van der Waals surface area contributed by atoms with Crippen LogP contribution in [0.5, 0.6) is 0 Å². The van der Waals surface area contributed by atoms with E-state index in [-0.39, 0.29) is 10.6 Å². The molecule has 26 heavy (non-hydrogen) atoms. The number of nitrogens with one attached hydrogen (secondary N) is 4. The highest BCUT2D eigenvalue weighted by molar-refractivity contribution is 7.89. The lowest BCUT2D eigenvalue weighted by atomic mass is 10.3. The van der Waals surface area contributed by atoms with Crippen molar-refractivity contribution in [3.05, 3.63) is 41.4 Å². The number of thiocarbonyl (C=S) groups is 1. The van der Waals surface area contributed by atoms with E-state index in [0.29, 0.717) is 10.2 Å². The van der Waals surface area contributed by atoms with Crippen LogP contribution in [0.25, 0.3) is 0 Å². The molecular formula is C15H19N5O3S3. The van der Waals surface area contributed by atoms with E-state index in [9.17, 15) is 13.2 Å². The number of sulfonamides is 1. The summed E-state index contributed by atoms with van der Waals surface area (Å²) in [5.74, 6) is -0.668. The van der Waals surface area contributed by atoms with Crippen molar-refractivity contribution in [2.45, 2.75) is 24.7 Å².